The number of nitrogens with zero attached hydrogens (tertiary/aromatic N) is 4. The summed E-state index contributed by atoms with van der Waals surface area (Å²) in [4.78, 5) is 32.4. The molecule has 1 fully saturated rings. The molecule has 0 unspecified atom stereocenters. The van der Waals surface area contributed by atoms with Crippen molar-refractivity contribution in [3.8, 4) is 0 Å². The fourth-order valence-electron chi connectivity index (χ4n) is 3.48. The van der Waals surface area contributed by atoms with E-state index in [0.29, 0.717) is 0 Å². The molecule has 8 nitrogen and oxygen atoms in total. The molecule has 0 aromatic heterocycles. The third-order valence-corrected chi connectivity index (χ3v) is 5.42. The molecule has 1 aliphatic heterocycles. The molecular weight excluding hydrogens is 356 g/mol. The van der Waals surface area contributed by atoms with Crippen molar-refractivity contribution in [2.24, 2.45) is 0 Å². The maximum atomic E-state index is 11.9. The van der Waals surface area contributed by atoms with E-state index in [2.05, 4.69) is 20.4 Å². The van der Waals surface area contributed by atoms with Gasteiger partial charge in [0.25, 0.3) is 0 Å². The number of urea groups is 2. The molecule has 0 aliphatic carbocycles. The minimum atomic E-state index is 0.0444. The molecule has 0 bridgehead atoms. The molecule has 28 heavy (non-hydrogen) atoms. The van der Waals surface area contributed by atoms with Gasteiger partial charge in [-0.2, -0.15) is 0 Å². The molecule has 0 saturated carbocycles. The van der Waals surface area contributed by atoms with Crippen LogP contribution >= 0.6 is 0 Å². The summed E-state index contributed by atoms with van der Waals surface area (Å²) in [6.45, 7) is 18.9. The van der Waals surface area contributed by atoms with Gasteiger partial charge in [-0.3, -0.25) is 0 Å². The van der Waals surface area contributed by atoms with Gasteiger partial charge in [0.1, 0.15) is 0 Å². The second kappa shape index (κ2) is 14.5. The van der Waals surface area contributed by atoms with E-state index >= 15 is 0 Å². The Kier molecular flexibility index (Phi) is 12.6. The van der Waals surface area contributed by atoms with Crippen LogP contribution in [-0.4, -0.2) is 110 Å². The van der Waals surface area contributed by atoms with Crippen LogP contribution in [0.3, 0.4) is 0 Å². The molecular formula is C20H42N6O2. The number of piperazine rings is 1. The minimum absolute atomic E-state index is 0.0444. The summed E-state index contributed by atoms with van der Waals surface area (Å²) < 4.78 is 0. The highest BCUT2D eigenvalue weighted by molar-refractivity contribution is 5.74. The van der Waals surface area contributed by atoms with Crippen LogP contribution in [0.15, 0.2) is 0 Å². The van der Waals surface area contributed by atoms with Crippen molar-refractivity contribution in [1.82, 2.24) is 30.2 Å². The Bertz CT molecular complexity index is 392. The van der Waals surface area contributed by atoms with Gasteiger partial charge in [0, 0.05) is 65.4 Å². The zero-order chi connectivity index (χ0) is 20.8. The van der Waals surface area contributed by atoms with Gasteiger partial charge in [0.05, 0.1) is 0 Å². The average molecular weight is 399 g/mol. The van der Waals surface area contributed by atoms with Crippen molar-refractivity contribution in [2.75, 3.05) is 78.5 Å². The number of hydrogen-bond donors (Lipinski definition) is 2. The lowest BCUT2D eigenvalue weighted by atomic mass is 10.2. The Hall–Kier alpha value is -1.54. The SMILES string of the molecule is CCN(CC)C(=O)NCCCN1CCN(CCCNC(=O)N(CC)CC)CC1. The number of amides is 4. The molecule has 2 N–H and O–H groups in total. The van der Waals surface area contributed by atoms with Gasteiger partial charge in [0.15, 0.2) is 0 Å². The highest BCUT2D eigenvalue weighted by Gasteiger charge is 2.16. The van der Waals surface area contributed by atoms with Gasteiger partial charge in [-0.05, 0) is 53.6 Å². The predicted octanol–water partition coefficient (Wildman–Crippen LogP) is 1.49. The largest absolute Gasteiger partial charge is 0.338 e. The standard InChI is InChI=1S/C20H42N6O2/c1-5-25(6-2)19(27)21-11-9-13-23-15-17-24(18-16-23)14-10-12-22-20(28)26(7-3)8-4/h5-18H2,1-4H3,(H,21,27)(H,22,28). The van der Waals surface area contributed by atoms with Crippen molar-refractivity contribution in [3.63, 3.8) is 0 Å². The molecule has 1 saturated heterocycles. The number of nitrogens with one attached hydrogen (secondary N) is 2. The quantitative estimate of drug-likeness (QED) is 0.489. The first-order valence-electron chi connectivity index (χ1n) is 11.1. The molecule has 0 spiro atoms. The van der Waals surface area contributed by atoms with E-state index in [1.165, 1.54) is 0 Å². The summed E-state index contributed by atoms with van der Waals surface area (Å²) in [6.07, 6.45) is 1.98. The van der Waals surface area contributed by atoms with Crippen LogP contribution in [0.25, 0.3) is 0 Å². The lowest BCUT2D eigenvalue weighted by Gasteiger charge is -2.34. The topological polar surface area (TPSA) is 71.2 Å². The van der Waals surface area contributed by atoms with Crippen molar-refractivity contribution < 1.29 is 9.59 Å². The highest BCUT2D eigenvalue weighted by Crippen LogP contribution is 2.03. The van der Waals surface area contributed by atoms with Crippen molar-refractivity contribution in [1.29, 1.82) is 0 Å². The van der Waals surface area contributed by atoms with E-state index in [9.17, 15) is 9.59 Å². The van der Waals surface area contributed by atoms with Gasteiger partial charge < -0.3 is 30.2 Å². The monoisotopic (exact) mass is 398 g/mol. The Labute approximate surface area is 171 Å². The Morgan fingerprint density at radius 1 is 0.679 bits per heavy atom. The lowest BCUT2D eigenvalue weighted by molar-refractivity contribution is 0.130. The van der Waals surface area contributed by atoms with E-state index in [1.54, 1.807) is 0 Å². The summed E-state index contributed by atoms with van der Waals surface area (Å²) in [6, 6.07) is 0.0887. The zero-order valence-electron chi connectivity index (χ0n) is 18.5. The second-order valence-electron chi connectivity index (χ2n) is 7.20. The molecule has 0 aromatic carbocycles. The highest BCUT2D eigenvalue weighted by atomic mass is 16.2. The van der Waals surface area contributed by atoms with Crippen LogP contribution in [0, 0.1) is 0 Å². The van der Waals surface area contributed by atoms with E-state index in [-0.39, 0.29) is 12.1 Å². The fraction of sp³-hybridized carbons (Fsp3) is 0.900. The van der Waals surface area contributed by atoms with Crippen LogP contribution < -0.4 is 10.6 Å². The van der Waals surface area contributed by atoms with Gasteiger partial charge in [-0.25, -0.2) is 9.59 Å². The zero-order valence-corrected chi connectivity index (χ0v) is 18.5. The van der Waals surface area contributed by atoms with Crippen LogP contribution in [0.1, 0.15) is 40.5 Å². The van der Waals surface area contributed by atoms with E-state index in [0.717, 1.165) is 91.4 Å². The number of carbonyl (C=O) groups excluding carboxylic acids is 2. The van der Waals surface area contributed by atoms with Gasteiger partial charge in [-0.1, -0.05) is 0 Å². The van der Waals surface area contributed by atoms with Crippen LogP contribution in [0.4, 0.5) is 9.59 Å². The molecule has 1 aliphatic rings. The molecule has 0 atom stereocenters. The Balaban J connectivity index is 2.06. The number of hydrogen-bond acceptors (Lipinski definition) is 4. The van der Waals surface area contributed by atoms with Crippen LogP contribution in [-0.2, 0) is 0 Å². The van der Waals surface area contributed by atoms with E-state index in [4.69, 9.17) is 0 Å². The summed E-state index contributed by atoms with van der Waals surface area (Å²) in [5, 5.41) is 6.01. The maximum absolute atomic E-state index is 11.9. The summed E-state index contributed by atoms with van der Waals surface area (Å²) in [5.41, 5.74) is 0. The first kappa shape index (κ1) is 24.5. The lowest BCUT2D eigenvalue weighted by Crippen LogP contribution is -2.48. The van der Waals surface area contributed by atoms with Crippen molar-refractivity contribution in [2.45, 2.75) is 40.5 Å². The third kappa shape index (κ3) is 9.10. The fourth-order valence-corrected chi connectivity index (χ4v) is 3.48. The third-order valence-electron chi connectivity index (χ3n) is 5.42. The molecule has 1 heterocycles. The maximum Gasteiger partial charge on any atom is 0.317 e. The first-order chi connectivity index (χ1) is 13.5. The van der Waals surface area contributed by atoms with Crippen LogP contribution in [0.2, 0.25) is 0 Å². The number of carbonyl (C=O) groups is 2. The Morgan fingerprint density at radius 3 is 1.29 bits per heavy atom. The van der Waals surface area contributed by atoms with Gasteiger partial charge in [0.2, 0.25) is 0 Å². The molecule has 1 rings (SSSR count). The van der Waals surface area contributed by atoms with Crippen molar-refractivity contribution >= 4 is 12.1 Å². The van der Waals surface area contributed by atoms with Crippen molar-refractivity contribution in [3.05, 3.63) is 0 Å². The van der Waals surface area contributed by atoms with Gasteiger partial charge in [-0.15, -0.1) is 0 Å². The molecule has 0 radical (unpaired) electrons. The smallest absolute Gasteiger partial charge is 0.317 e. The van der Waals surface area contributed by atoms with Gasteiger partial charge >= 0.3 is 12.1 Å². The molecule has 4 amide bonds. The molecule has 0 aromatic rings. The normalized spacial score (nSPS) is 15.3. The molecule has 164 valence electrons. The second-order valence-corrected chi connectivity index (χ2v) is 7.20. The van der Waals surface area contributed by atoms with E-state index in [1.807, 2.05) is 37.5 Å². The molecule has 8 heteroatoms. The number of rotatable bonds is 12. The average Bonchev–Trinajstić information content (AvgIpc) is 2.71. The summed E-state index contributed by atoms with van der Waals surface area (Å²) >= 11 is 0. The van der Waals surface area contributed by atoms with Crippen LogP contribution in [0.5, 0.6) is 0 Å². The predicted molar refractivity (Wildman–Crippen MR) is 115 cm³/mol. The Morgan fingerprint density at radius 2 is 1.00 bits per heavy atom. The minimum Gasteiger partial charge on any atom is -0.338 e. The van der Waals surface area contributed by atoms with E-state index < -0.39 is 0 Å². The first-order valence-corrected chi connectivity index (χ1v) is 11.1. The summed E-state index contributed by atoms with van der Waals surface area (Å²) in [7, 11) is 0. The summed E-state index contributed by atoms with van der Waals surface area (Å²) in [5.74, 6) is 0.